The van der Waals surface area contributed by atoms with Crippen molar-refractivity contribution < 1.29 is 29.4 Å². The van der Waals surface area contributed by atoms with Crippen molar-refractivity contribution in [3.05, 3.63) is 18.2 Å². The number of aromatic nitrogens is 2. The molecule has 3 amide bonds. The van der Waals surface area contributed by atoms with Gasteiger partial charge in [0.2, 0.25) is 17.7 Å². The Morgan fingerprint density at radius 3 is 1.95 bits per heavy atom. The third kappa shape index (κ3) is 12.9. The Morgan fingerprint density at radius 2 is 1.48 bits per heavy atom. The van der Waals surface area contributed by atoms with Crippen LogP contribution in [0, 0.1) is 0 Å². The molecule has 18 heteroatoms. The fraction of sp³-hybridized carbons (Fsp3) is 0.591. The first kappa shape index (κ1) is 33.6. The lowest BCUT2D eigenvalue weighted by Crippen LogP contribution is -2.60. The lowest BCUT2D eigenvalue weighted by molar-refractivity contribution is -0.143. The van der Waals surface area contributed by atoms with E-state index in [-0.39, 0.29) is 57.1 Å². The number of guanidine groups is 2. The van der Waals surface area contributed by atoms with Gasteiger partial charge in [0, 0.05) is 31.4 Å². The van der Waals surface area contributed by atoms with E-state index in [0.717, 1.165) is 0 Å². The summed E-state index contributed by atoms with van der Waals surface area (Å²) < 4.78 is 0. The lowest BCUT2D eigenvalue weighted by Gasteiger charge is -2.26. The number of hydrogen-bond acceptors (Lipinski definition) is 9. The highest BCUT2D eigenvalue weighted by molar-refractivity contribution is 5.94. The number of carboxylic acid groups (broad SMARTS) is 1. The number of carbonyl (C=O) groups is 4. The Morgan fingerprint density at radius 1 is 0.925 bits per heavy atom. The predicted molar refractivity (Wildman–Crippen MR) is 145 cm³/mol. The number of aromatic amines is 1. The van der Waals surface area contributed by atoms with E-state index in [9.17, 15) is 29.4 Å². The summed E-state index contributed by atoms with van der Waals surface area (Å²) in [6, 6.07) is -5.09. The fourth-order valence-corrected chi connectivity index (χ4v) is 3.46. The summed E-state index contributed by atoms with van der Waals surface area (Å²) in [5, 5.41) is 26.9. The van der Waals surface area contributed by atoms with Gasteiger partial charge in [-0.25, -0.2) is 9.78 Å². The van der Waals surface area contributed by atoms with Gasteiger partial charge in [0.15, 0.2) is 11.9 Å². The van der Waals surface area contributed by atoms with Crippen LogP contribution in [0.15, 0.2) is 22.5 Å². The molecule has 0 bridgehead atoms. The zero-order chi connectivity index (χ0) is 30.2. The number of carboxylic acids is 1. The van der Waals surface area contributed by atoms with E-state index in [4.69, 9.17) is 28.7 Å². The van der Waals surface area contributed by atoms with E-state index in [2.05, 4.69) is 35.9 Å². The lowest BCUT2D eigenvalue weighted by atomic mass is 10.1. The predicted octanol–water partition coefficient (Wildman–Crippen LogP) is -4.69. The molecule has 0 aromatic carbocycles. The van der Waals surface area contributed by atoms with Crippen LogP contribution < -0.4 is 44.6 Å². The fourth-order valence-electron chi connectivity index (χ4n) is 3.46. The molecule has 1 aromatic rings. The van der Waals surface area contributed by atoms with Crippen molar-refractivity contribution >= 4 is 35.6 Å². The molecule has 16 N–H and O–H groups in total. The third-order valence-corrected chi connectivity index (χ3v) is 5.53. The Balaban J connectivity index is 2.94. The van der Waals surface area contributed by atoms with Gasteiger partial charge < -0.3 is 59.8 Å². The van der Waals surface area contributed by atoms with Crippen LogP contribution in [-0.2, 0) is 25.6 Å². The van der Waals surface area contributed by atoms with Crippen LogP contribution in [0.1, 0.15) is 38.3 Å². The van der Waals surface area contributed by atoms with Crippen molar-refractivity contribution in [2.24, 2.45) is 38.7 Å². The summed E-state index contributed by atoms with van der Waals surface area (Å²) in [7, 11) is 0. The molecule has 0 fully saturated rings. The molecule has 0 aliphatic rings. The van der Waals surface area contributed by atoms with Crippen molar-refractivity contribution in [1.29, 1.82) is 0 Å². The minimum Gasteiger partial charge on any atom is -0.480 e. The molecule has 0 aliphatic carbocycles. The van der Waals surface area contributed by atoms with E-state index < -0.39 is 54.0 Å². The largest absolute Gasteiger partial charge is 0.480 e. The molecule has 0 saturated heterocycles. The molecular weight excluding hydrogens is 528 g/mol. The highest BCUT2D eigenvalue weighted by Gasteiger charge is 2.32. The van der Waals surface area contributed by atoms with E-state index in [1.165, 1.54) is 19.4 Å². The van der Waals surface area contributed by atoms with Crippen molar-refractivity contribution in [2.45, 2.75) is 69.3 Å². The first-order valence-electron chi connectivity index (χ1n) is 12.5. The van der Waals surface area contributed by atoms with E-state index in [0.29, 0.717) is 5.69 Å². The molecule has 5 atom stereocenters. The molecule has 224 valence electrons. The molecule has 5 unspecified atom stereocenters. The number of nitrogens with one attached hydrogen (secondary N) is 4. The van der Waals surface area contributed by atoms with Crippen molar-refractivity contribution in [2.75, 3.05) is 13.1 Å². The first-order valence-corrected chi connectivity index (χ1v) is 12.5. The molecule has 0 aliphatic heterocycles. The van der Waals surface area contributed by atoms with Gasteiger partial charge in [0.1, 0.15) is 18.1 Å². The van der Waals surface area contributed by atoms with Gasteiger partial charge >= 0.3 is 5.97 Å². The smallest absolute Gasteiger partial charge is 0.326 e. The molecule has 1 rings (SSSR count). The summed E-state index contributed by atoms with van der Waals surface area (Å²) in [5.41, 5.74) is 27.7. The monoisotopic (exact) mass is 568 g/mol. The van der Waals surface area contributed by atoms with Crippen molar-refractivity contribution in [1.82, 2.24) is 25.9 Å². The molecule has 0 saturated carbocycles. The number of nitrogens with two attached hydrogens (primary N) is 5. The zero-order valence-corrected chi connectivity index (χ0v) is 22.2. The summed E-state index contributed by atoms with van der Waals surface area (Å²) in [6.07, 6.45) is 2.19. The highest BCUT2D eigenvalue weighted by atomic mass is 16.4. The maximum absolute atomic E-state index is 13.1. The Kier molecular flexibility index (Phi) is 14.4. The van der Waals surface area contributed by atoms with Crippen LogP contribution in [-0.4, -0.2) is 99.2 Å². The topological polar surface area (TPSA) is 328 Å². The number of rotatable bonds is 18. The summed E-state index contributed by atoms with van der Waals surface area (Å²) in [4.78, 5) is 64.7. The molecular formula is C22H40N12O6. The van der Waals surface area contributed by atoms with Crippen LogP contribution in [0.4, 0.5) is 0 Å². The van der Waals surface area contributed by atoms with Gasteiger partial charge in [-0.2, -0.15) is 0 Å². The highest BCUT2D eigenvalue weighted by Crippen LogP contribution is 2.05. The number of aliphatic hydroxyl groups excluding tert-OH is 1. The number of hydrogen-bond donors (Lipinski definition) is 11. The number of aliphatic carboxylic acids is 1. The second-order valence-electron chi connectivity index (χ2n) is 8.97. The van der Waals surface area contributed by atoms with Gasteiger partial charge in [-0.3, -0.25) is 24.4 Å². The van der Waals surface area contributed by atoms with Crippen LogP contribution in [0.3, 0.4) is 0 Å². The van der Waals surface area contributed by atoms with Gasteiger partial charge in [0.25, 0.3) is 0 Å². The molecule has 1 aromatic heterocycles. The normalized spacial score (nSPS) is 14.5. The van der Waals surface area contributed by atoms with Gasteiger partial charge in [-0.1, -0.05) is 0 Å². The Hall–Kier alpha value is -4.45. The van der Waals surface area contributed by atoms with E-state index >= 15 is 0 Å². The Labute approximate surface area is 230 Å². The number of aliphatic imine (C=N–C) groups is 2. The number of imidazole rings is 1. The zero-order valence-electron chi connectivity index (χ0n) is 22.2. The quantitative estimate of drug-likeness (QED) is 0.0452. The second kappa shape index (κ2) is 17.2. The third-order valence-electron chi connectivity index (χ3n) is 5.53. The van der Waals surface area contributed by atoms with Crippen molar-refractivity contribution in [3.63, 3.8) is 0 Å². The summed E-state index contributed by atoms with van der Waals surface area (Å²) in [5.74, 6) is -4.04. The number of carbonyl (C=O) groups excluding carboxylic acids is 3. The maximum Gasteiger partial charge on any atom is 0.326 e. The molecule has 18 nitrogen and oxygen atoms in total. The second-order valence-corrected chi connectivity index (χ2v) is 8.97. The van der Waals surface area contributed by atoms with Gasteiger partial charge in [-0.05, 0) is 32.6 Å². The number of nitrogens with zero attached hydrogens (tertiary/aromatic N) is 3. The van der Waals surface area contributed by atoms with E-state index in [1.807, 2.05) is 0 Å². The van der Waals surface area contributed by atoms with Crippen molar-refractivity contribution in [3.8, 4) is 0 Å². The van der Waals surface area contributed by atoms with E-state index in [1.54, 1.807) is 0 Å². The number of aliphatic hydroxyl groups is 1. The average molecular weight is 569 g/mol. The van der Waals surface area contributed by atoms with Gasteiger partial charge in [0.05, 0.1) is 18.5 Å². The van der Waals surface area contributed by atoms with Crippen LogP contribution >= 0.6 is 0 Å². The molecule has 1 heterocycles. The summed E-state index contributed by atoms with van der Waals surface area (Å²) >= 11 is 0. The molecule has 40 heavy (non-hydrogen) atoms. The van der Waals surface area contributed by atoms with Crippen LogP contribution in [0.25, 0.3) is 0 Å². The average Bonchev–Trinajstić information content (AvgIpc) is 3.38. The van der Waals surface area contributed by atoms with Crippen LogP contribution in [0.2, 0.25) is 0 Å². The maximum atomic E-state index is 13.1. The minimum absolute atomic E-state index is 0.0178. The number of H-pyrrole nitrogens is 1. The minimum atomic E-state index is -1.54. The SMILES string of the molecule is CC(O)C(NC(=O)C(CCCN=C(N)N)NC(=O)C(N)Cc1cnc[nH]1)C(=O)NC(CCCN=C(N)N)C(=O)O. The standard InChI is InChI=1S/C22H40N12O6/c1-11(35)16(19(38)33-15(20(39)40)5-3-7-30-22(26)27)34-18(37)14(4-2-6-29-21(24)25)32-17(36)13(23)8-12-9-28-10-31-12/h9-11,13-16,35H,2-8,23H2,1H3,(H,28,31)(H,32,36)(H,33,38)(H,34,37)(H,39,40)(H4,24,25,29)(H4,26,27,30). The molecule has 0 radical (unpaired) electrons. The van der Waals surface area contributed by atoms with Crippen LogP contribution in [0.5, 0.6) is 0 Å². The molecule has 0 spiro atoms. The number of amides is 3. The Bertz CT molecular complexity index is 1020. The van der Waals surface area contributed by atoms with Gasteiger partial charge in [-0.15, -0.1) is 0 Å². The summed E-state index contributed by atoms with van der Waals surface area (Å²) in [6.45, 7) is 1.54. The first-order chi connectivity index (χ1) is 18.8.